The first-order valence-corrected chi connectivity index (χ1v) is 3.33. The van der Waals surface area contributed by atoms with E-state index in [9.17, 15) is 0 Å². The van der Waals surface area contributed by atoms with Crippen LogP contribution in [-0.2, 0) is 0 Å². The third kappa shape index (κ3) is 1.32. The van der Waals surface area contributed by atoms with Crippen molar-refractivity contribution in [1.29, 1.82) is 5.26 Å². The van der Waals surface area contributed by atoms with Crippen LogP contribution in [0.25, 0.3) is 0 Å². The van der Waals surface area contributed by atoms with Crippen LogP contribution in [0.1, 0.15) is 26.2 Å². The van der Waals surface area contributed by atoms with Crippen molar-refractivity contribution >= 4 is 0 Å². The highest BCUT2D eigenvalue weighted by atomic mass is 14.3. The SMILES string of the molecule is CC1(C#N)CC=CCC1. The second-order valence-corrected chi connectivity index (χ2v) is 2.89. The molecule has 0 amide bonds. The second-order valence-electron chi connectivity index (χ2n) is 2.89. The van der Waals surface area contributed by atoms with Gasteiger partial charge in [-0.1, -0.05) is 12.2 Å². The molecule has 0 saturated carbocycles. The number of hydrogen-bond donors (Lipinski definition) is 0. The predicted molar refractivity (Wildman–Crippen MR) is 36.7 cm³/mol. The zero-order chi connectivity index (χ0) is 6.74. The average Bonchev–Trinajstić information content (AvgIpc) is 1.90. The van der Waals surface area contributed by atoms with Gasteiger partial charge in [-0.25, -0.2) is 0 Å². The molecule has 1 aliphatic carbocycles. The van der Waals surface area contributed by atoms with Gasteiger partial charge < -0.3 is 0 Å². The first-order chi connectivity index (χ1) is 4.27. The normalized spacial score (nSPS) is 33.8. The molecule has 0 fully saturated rings. The number of allylic oxidation sites excluding steroid dienone is 2. The zero-order valence-electron chi connectivity index (χ0n) is 5.72. The van der Waals surface area contributed by atoms with Gasteiger partial charge in [0.2, 0.25) is 0 Å². The van der Waals surface area contributed by atoms with E-state index in [2.05, 4.69) is 18.2 Å². The summed E-state index contributed by atoms with van der Waals surface area (Å²) in [6.45, 7) is 2.02. The molecule has 0 bridgehead atoms. The van der Waals surface area contributed by atoms with Crippen molar-refractivity contribution in [3.63, 3.8) is 0 Å². The Balaban J connectivity index is 2.63. The lowest BCUT2D eigenvalue weighted by Crippen LogP contribution is -2.14. The smallest absolute Gasteiger partial charge is 0.0690 e. The average molecular weight is 121 g/mol. The largest absolute Gasteiger partial charge is 0.198 e. The van der Waals surface area contributed by atoms with Crippen LogP contribution >= 0.6 is 0 Å². The van der Waals surface area contributed by atoms with E-state index >= 15 is 0 Å². The second kappa shape index (κ2) is 2.23. The van der Waals surface area contributed by atoms with E-state index in [0.29, 0.717) is 0 Å². The molecule has 48 valence electrons. The molecule has 1 atom stereocenters. The van der Waals surface area contributed by atoms with Crippen molar-refractivity contribution < 1.29 is 0 Å². The molecule has 0 aromatic rings. The minimum absolute atomic E-state index is 0.0608. The van der Waals surface area contributed by atoms with Crippen LogP contribution in [-0.4, -0.2) is 0 Å². The Labute approximate surface area is 56.0 Å². The Bertz CT molecular complexity index is 164. The van der Waals surface area contributed by atoms with Gasteiger partial charge in [0.05, 0.1) is 11.5 Å². The van der Waals surface area contributed by atoms with Gasteiger partial charge >= 0.3 is 0 Å². The van der Waals surface area contributed by atoms with E-state index in [1.54, 1.807) is 0 Å². The molecule has 0 radical (unpaired) electrons. The predicted octanol–water partition coefficient (Wildman–Crippen LogP) is 2.26. The fourth-order valence-electron chi connectivity index (χ4n) is 1.07. The molecule has 1 heteroatoms. The first kappa shape index (κ1) is 6.35. The zero-order valence-corrected chi connectivity index (χ0v) is 5.72. The van der Waals surface area contributed by atoms with Crippen LogP contribution in [0, 0.1) is 16.7 Å². The minimum Gasteiger partial charge on any atom is -0.198 e. The maximum Gasteiger partial charge on any atom is 0.0690 e. The summed E-state index contributed by atoms with van der Waals surface area (Å²) >= 11 is 0. The number of nitrogens with zero attached hydrogens (tertiary/aromatic N) is 1. The highest BCUT2D eigenvalue weighted by Crippen LogP contribution is 2.30. The van der Waals surface area contributed by atoms with Gasteiger partial charge in [-0.05, 0) is 26.2 Å². The summed E-state index contributed by atoms with van der Waals surface area (Å²) < 4.78 is 0. The minimum atomic E-state index is -0.0608. The van der Waals surface area contributed by atoms with Gasteiger partial charge in [-0.3, -0.25) is 0 Å². The van der Waals surface area contributed by atoms with E-state index in [1.807, 2.05) is 6.92 Å². The van der Waals surface area contributed by atoms with Gasteiger partial charge in [0, 0.05) is 0 Å². The molecular weight excluding hydrogens is 110 g/mol. The summed E-state index contributed by atoms with van der Waals surface area (Å²) in [4.78, 5) is 0. The van der Waals surface area contributed by atoms with Crippen LogP contribution in [0.2, 0.25) is 0 Å². The number of nitriles is 1. The van der Waals surface area contributed by atoms with E-state index in [1.165, 1.54) is 0 Å². The van der Waals surface area contributed by atoms with Crippen LogP contribution in [0.4, 0.5) is 0 Å². The summed E-state index contributed by atoms with van der Waals surface area (Å²) in [6, 6.07) is 2.33. The lowest BCUT2D eigenvalue weighted by Gasteiger charge is -2.21. The van der Waals surface area contributed by atoms with Gasteiger partial charge in [-0.2, -0.15) is 5.26 Å². The molecule has 1 nitrogen and oxygen atoms in total. The molecule has 1 unspecified atom stereocenters. The molecule has 0 spiro atoms. The van der Waals surface area contributed by atoms with Gasteiger partial charge in [0.1, 0.15) is 0 Å². The van der Waals surface area contributed by atoms with E-state index < -0.39 is 0 Å². The topological polar surface area (TPSA) is 23.8 Å². The lowest BCUT2D eigenvalue weighted by molar-refractivity contribution is 0.400. The van der Waals surface area contributed by atoms with Crippen molar-refractivity contribution in [2.75, 3.05) is 0 Å². The summed E-state index contributed by atoms with van der Waals surface area (Å²) in [6.07, 6.45) is 7.29. The lowest BCUT2D eigenvalue weighted by atomic mass is 9.81. The van der Waals surface area contributed by atoms with Gasteiger partial charge in [0.15, 0.2) is 0 Å². The maximum absolute atomic E-state index is 8.67. The van der Waals surface area contributed by atoms with Crippen LogP contribution in [0.3, 0.4) is 0 Å². The third-order valence-corrected chi connectivity index (χ3v) is 1.87. The Kier molecular flexibility index (Phi) is 1.57. The van der Waals surface area contributed by atoms with Crippen LogP contribution in [0.5, 0.6) is 0 Å². The molecule has 0 aromatic carbocycles. The Morgan fingerprint density at radius 1 is 1.56 bits per heavy atom. The Hall–Kier alpha value is -0.770. The van der Waals surface area contributed by atoms with Gasteiger partial charge in [0.25, 0.3) is 0 Å². The quantitative estimate of drug-likeness (QED) is 0.451. The molecule has 1 rings (SSSR count). The summed E-state index contributed by atoms with van der Waals surface area (Å²) in [5.74, 6) is 0. The van der Waals surface area contributed by atoms with Gasteiger partial charge in [-0.15, -0.1) is 0 Å². The van der Waals surface area contributed by atoms with E-state index in [-0.39, 0.29) is 5.41 Å². The molecule has 0 aliphatic heterocycles. The fraction of sp³-hybridized carbons (Fsp3) is 0.625. The van der Waals surface area contributed by atoms with Crippen LogP contribution in [0.15, 0.2) is 12.2 Å². The maximum atomic E-state index is 8.67. The molecule has 0 saturated heterocycles. The molecule has 0 aromatic heterocycles. The summed E-state index contributed by atoms with van der Waals surface area (Å²) in [5, 5.41) is 8.67. The fourth-order valence-corrected chi connectivity index (χ4v) is 1.07. The highest BCUT2D eigenvalue weighted by Gasteiger charge is 2.22. The van der Waals surface area contributed by atoms with E-state index in [0.717, 1.165) is 19.3 Å². The molecule has 0 N–H and O–H groups in total. The first-order valence-electron chi connectivity index (χ1n) is 3.33. The van der Waals surface area contributed by atoms with Crippen molar-refractivity contribution in [1.82, 2.24) is 0 Å². The Morgan fingerprint density at radius 3 is 2.67 bits per heavy atom. The standard InChI is InChI=1S/C8H11N/c1-8(7-9)5-3-2-4-6-8/h2-3H,4-6H2,1H3. The third-order valence-electron chi connectivity index (χ3n) is 1.87. The molecule has 1 aliphatic rings. The van der Waals surface area contributed by atoms with Crippen molar-refractivity contribution in [2.24, 2.45) is 5.41 Å². The van der Waals surface area contributed by atoms with Crippen molar-refractivity contribution in [3.8, 4) is 6.07 Å². The molecule has 9 heavy (non-hydrogen) atoms. The molecule has 0 heterocycles. The number of rotatable bonds is 0. The van der Waals surface area contributed by atoms with Crippen molar-refractivity contribution in [2.45, 2.75) is 26.2 Å². The van der Waals surface area contributed by atoms with Crippen molar-refractivity contribution in [3.05, 3.63) is 12.2 Å². The number of hydrogen-bond acceptors (Lipinski definition) is 1. The monoisotopic (exact) mass is 121 g/mol. The van der Waals surface area contributed by atoms with E-state index in [4.69, 9.17) is 5.26 Å². The summed E-state index contributed by atoms with van der Waals surface area (Å²) in [5.41, 5.74) is -0.0608. The molecular formula is C8H11N. The van der Waals surface area contributed by atoms with Crippen LogP contribution < -0.4 is 0 Å². The summed E-state index contributed by atoms with van der Waals surface area (Å²) in [7, 11) is 0. The Morgan fingerprint density at radius 2 is 2.33 bits per heavy atom. The highest BCUT2D eigenvalue weighted by molar-refractivity contribution is 5.05.